The predicted molar refractivity (Wildman–Crippen MR) is 131 cm³/mol. The van der Waals surface area contributed by atoms with Crippen LogP contribution in [-0.2, 0) is 0 Å². The van der Waals surface area contributed by atoms with Gasteiger partial charge in [0.2, 0.25) is 0 Å². The van der Waals surface area contributed by atoms with Crippen LogP contribution in [0.1, 0.15) is 10.4 Å². The number of anilines is 1. The van der Waals surface area contributed by atoms with Gasteiger partial charge in [0.05, 0.1) is 32.3 Å². The molecule has 0 atom stereocenters. The number of fused-ring (bicyclic) bond motifs is 2. The number of hydrogen-bond acceptors (Lipinski definition) is 5. The number of benzene rings is 2. The summed E-state index contributed by atoms with van der Waals surface area (Å²) in [5.41, 5.74) is 2.97. The molecule has 3 aromatic heterocycles. The Hall–Kier alpha value is -2.84. The lowest BCUT2D eigenvalue weighted by Crippen LogP contribution is -2.13. The van der Waals surface area contributed by atoms with Crippen molar-refractivity contribution in [2.75, 3.05) is 5.32 Å². The molecule has 0 saturated carbocycles. The first-order chi connectivity index (χ1) is 15.1. The molecule has 0 unspecified atom stereocenters. The van der Waals surface area contributed by atoms with Crippen LogP contribution in [0.2, 0.25) is 10.0 Å². The fraction of sp³-hybridized carbons (Fsp3) is 0. The maximum atomic E-state index is 12.8. The van der Waals surface area contributed by atoms with Crippen molar-refractivity contribution in [3.05, 3.63) is 82.6 Å². The molecule has 0 aliphatic carbocycles. The van der Waals surface area contributed by atoms with E-state index in [9.17, 15) is 4.79 Å². The maximum Gasteiger partial charge on any atom is 0.258 e. The Bertz CT molecular complexity index is 1400. The van der Waals surface area contributed by atoms with Crippen LogP contribution in [-0.4, -0.2) is 25.8 Å². The molecule has 160 valence electrons. The summed E-state index contributed by atoms with van der Waals surface area (Å²) in [7, 11) is 0. The van der Waals surface area contributed by atoms with E-state index < -0.39 is 5.91 Å². The molecule has 0 saturated heterocycles. The summed E-state index contributed by atoms with van der Waals surface area (Å²) < 4.78 is 0. The van der Waals surface area contributed by atoms with Gasteiger partial charge in [-0.2, -0.15) is 0 Å². The number of carbonyl (C=O) groups is 1. The Morgan fingerprint density at radius 2 is 1.72 bits per heavy atom. The SMILES string of the molecule is Cl.O=C(Nc1cccc2c(Sc3nc4ncccc4[nH]3)ccnc12)c1c(Cl)cccc1Cl. The van der Waals surface area contributed by atoms with Crippen LogP contribution in [0.5, 0.6) is 0 Å². The second-order valence-electron chi connectivity index (χ2n) is 6.58. The van der Waals surface area contributed by atoms with Crippen molar-refractivity contribution in [2.24, 2.45) is 0 Å². The van der Waals surface area contributed by atoms with Gasteiger partial charge in [-0.1, -0.05) is 53.2 Å². The fourth-order valence-corrected chi connectivity index (χ4v) is 4.69. The molecule has 0 aliphatic heterocycles. The number of rotatable bonds is 4. The van der Waals surface area contributed by atoms with E-state index in [1.807, 2.05) is 30.3 Å². The van der Waals surface area contributed by atoms with E-state index >= 15 is 0 Å². The first-order valence-corrected chi connectivity index (χ1v) is 10.8. The Morgan fingerprint density at radius 3 is 2.50 bits per heavy atom. The number of carbonyl (C=O) groups excluding carboxylic acids is 1. The van der Waals surface area contributed by atoms with Gasteiger partial charge in [-0.25, -0.2) is 9.97 Å². The summed E-state index contributed by atoms with van der Waals surface area (Å²) >= 11 is 13.8. The number of pyridine rings is 2. The molecule has 32 heavy (non-hydrogen) atoms. The highest BCUT2D eigenvalue weighted by atomic mass is 35.5. The number of nitrogens with zero attached hydrogens (tertiary/aromatic N) is 3. The molecule has 2 N–H and O–H groups in total. The molecule has 1 amide bonds. The number of para-hydroxylation sites is 1. The van der Waals surface area contributed by atoms with Crippen LogP contribution in [0.25, 0.3) is 22.1 Å². The second-order valence-corrected chi connectivity index (χ2v) is 8.43. The molecule has 0 radical (unpaired) electrons. The normalized spacial score (nSPS) is 10.8. The Labute approximate surface area is 203 Å². The van der Waals surface area contributed by atoms with Crippen LogP contribution in [0.3, 0.4) is 0 Å². The van der Waals surface area contributed by atoms with Crippen molar-refractivity contribution >= 4 is 81.0 Å². The van der Waals surface area contributed by atoms with Gasteiger partial charge in [0.15, 0.2) is 10.8 Å². The largest absolute Gasteiger partial charge is 0.331 e. The van der Waals surface area contributed by atoms with E-state index in [-0.39, 0.29) is 28.0 Å². The quantitative estimate of drug-likeness (QED) is 0.288. The van der Waals surface area contributed by atoms with E-state index in [4.69, 9.17) is 23.2 Å². The zero-order valence-corrected chi connectivity index (χ0v) is 19.3. The minimum atomic E-state index is -0.397. The van der Waals surface area contributed by atoms with Crippen molar-refractivity contribution < 1.29 is 4.79 Å². The third-order valence-electron chi connectivity index (χ3n) is 4.61. The number of nitrogens with one attached hydrogen (secondary N) is 2. The number of hydrogen-bond donors (Lipinski definition) is 2. The van der Waals surface area contributed by atoms with Gasteiger partial charge < -0.3 is 10.3 Å². The highest BCUT2D eigenvalue weighted by Gasteiger charge is 2.17. The summed E-state index contributed by atoms with van der Waals surface area (Å²) in [4.78, 5) is 30.3. The molecule has 0 fully saturated rings. The lowest BCUT2D eigenvalue weighted by Gasteiger charge is -2.11. The molecule has 5 rings (SSSR count). The number of halogens is 3. The minimum Gasteiger partial charge on any atom is -0.331 e. The van der Waals surface area contributed by atoms with Gasteiger partial charge >= 0.3 is 0 Å². The molecule has 2 aromatic carbocycles. The molecule has 0 bridgehead atoms. The standard InChI is InChI=1S/C22H13Cl2N5OS.ClH/c23-13-5-2-6-14(24)18(13)21(30)27-15-7-1-4-12-17(9-11-25-19(12)15)31-22-28-16-8-3-10-26-20(16)29-22;/h1-11H,(H,27,30)(H,26,28,29);1H. The fourth-order valence-electron chi connectivity index (χ4n) is 3.22. The van der Waals surface area contributed by atoms with E-state index in [1.165, 1.54) is 11.8 Å². The number of aromatic nitrogens is 4. The third kappa shape index (κ3) is 4.25. The third-order valence-corrected chi connectivity index (χ3v) is 6.20. The van der Waals surface area contributed by atoms with Crippen molar-refractivity contribution in [1.82, 2.24) is 19.9 Å². The zero-order chi connectivity index (χ0) is 21.4. The lowest BCUT2D eigenvalue weighted by molar-refractivity contribution is 0.102. The van der Waals surface area contributed by atoms with Gasteiger partial charge in [0.1, 0.15) is 0 Å². The van der Waals surface area contributed by atoms with E-state index in [0.29, 0.717) is 16.9 Å². The summed E-state index contributed by atoms with van der Waals surface area (Å²) in [5, 5.41) is 5.05. The van der Waals surface area contributed by atoms with E-state index in [0.717, 1.165) is 21.0 Å². The topological polar surface area (TPSA) is 83.6 Å². The van der Waals surface area contributed by atoms with Gasteiger partial charge in [-0.05, 0) is 36.4 Å². The summed E-state index contributed by atoms with van der Waals surface area (Å²) in [6, 6.07) is 16.2. The smallest absolute Gasteiger partial charge is 0.258 e. The number of aromatic amines is 1. The van der Waals surface area contributed by atoms with E-state index in [1.54, 1.807) is 36.7 Å². The molecular formula is C22H14Cl3N5OS. The average Bonchev–Trinajstić information content (AvgIpc) is 3.17. The molecule has 6 nitrogen and oxygen atoms in total. The van der Waals surface area contributed by atoms with E-state index in [2.05, 4.69) is 25.3 Å². The first-order valence-electron chi connectivity index (χ1n) is 9.22. The summed E-state index contributed by atoms with van der Waals surface area (Å²) in [6.45, 7) is 0. The lowest BCUT2D eigenvalue weighted by atomic mass is 10.1. The van der Waals surface area contributed by atoms with Gasteiger partial charge in [0.25, 0.3) is 5.91 Å². The summed E-state index contributed by atoms with van der Waals surface area (Å²) in [6.07, 6.45) is 3.41. The maximum absolute atomic E-state index is 12.8. The molecule has 5 aromatic rings. The highest BCUT2D eigenvalue weighted by molar-refractivity contribution is 7.99. The Kier molecular flexibility index (Phi) is 6.53. The summed E-state index contributed by atoms with van der Waals surface area (Å²) in [5.74, 6) is -0.397. The Morgan fingerprint density at radius 1 is 0.938 bits per heavy atom. The number of H-pyrrole nitrogens is 1. The van der Waals surface area contributed by atoms with Crippen LogP contribution in [0, 0.1) is 0 Å². The van der Waals surface area contributed by atoms with Gasteiger partial charge in [0, 0.05) is 22.7 Å². The zero-order valence-electron chi connectivity index (χ0n) is 16.2. The Balaban J connectivity index is 0.00000245. The van der Waals surface area contributed by atoms with Crippen molar-refractivity contribution in [3.8, 4) is 0 Å². The van der Waals surface area contributed by atoms with Crippen molar-refractivity contribution in [2.45, 2.75) is 10.1 Å². The highest BCUT2D eigenvalue weighted by Crippen LogP contribution is 2.35. The van der Waals surface area contributed by atoms with Crippen LogP contribution >= 0.6 is 47.4 Å². The molecule has 0 aliphatic rings. The molecule has 0 spiro atoms. The molecular weight excluding hydrogens is 489 g/mol. The second kappa shape index (κ2) is 9.34. The monoisotopic (exact) mass is 501 g/mol. The van der Waals surface area contributed by atoms with Crippen LogP contribution < -0.4 is 5.32 Å². The minimum absolute atomic E-state index is 0. The molecule has 3 heterocycles. The molecule has 10 heteroatoms. The van der Waals surface area contributed by atoms with Crippen molar-refractivity contribution in [1.29, 1.82) is 0 Å². The predicted octanol–water partition coefficient (Wildman–Crippen LogP) is 6.64. The van der Waals surface area contributed by atoms with Crippen molar-refractivity contribution in [3.63, 3.8) is 0 Å². The number of amides is 1. The first kappa shape index (κ1) is 22.4. The van der Waals surface area contributed by atoms with Crippen LogP contribution in [0.4, 0.5) is 5.69 Å². The van der Waals surface area contributed by atoms with Crippen LogP contribution in [0.15, 0.2) is 77.0 Å². The number of imidazole rings is 1. The van der Waals surface area contributed by atoms with Gasteiger partial charge in [-0.15, -0.1) is 12.4 Å². The average molecular weight is 503 g/mol. The van der Waals surface area contributed by atoms with Gasteiger partial charge in [-0.3, -0.25) is 9.78 Å².